The predicted octanol–water partition coefficient (Wildman–Crippen LogP) is 3.93. The lowest BCUT2D eigenvalue weighted by Gasteiger charge is -2.18. The Morgan fingerprint density at radius 3 is 2.50 bits per heavy atom. The van der Waals surface area contributed by atoms with Crippen LogP contribution in [-0.2, 0) is 5.41 Å². The molecule has 1 aromatic carbocycles. The van der Waals surface area contributed by atoms with E-state index in [4.69, 9.17) is 4.42 Å². The van der Waals surface area contributed by atoms with Crippen LogP contribution in [0.3, 0.4) is 0 Å². The lowest BCUT2D eigenvalue weighted by atomic mass is 9.86. The van der Waals surface area contributed by atoms with Gasteiger partial charge < -0.3 is 4.42 Å². The third-order valence-corrected chi connectivity index (χ3v) is 2.82. The molecule has 2 nitrogen and oxygen atoms in total. The maximum atomic E-state index is 11.4. The molecule has 0 saturated heterocycles. The number of ketones is 1. The molecule has 0 amide bonds. The molecule has 84 valence electrons. The minimum Gasteiger partial charge on any atom is -0.464 e. The van der Waals surface area contributed by atoms with Gasteiger partial charge in [-0.3, -0.25) is 4.79 Å². The molecule has 0 aliphatic heterocycles. The van der Waals surface area contributed by atoms with Crippen molar-refractivity contribution >= 4 is 16.8 Å². The highest BCUT2D eigenvalue weighted by molar-refractivity contribution is 6.06. The minimum atomic E-state index is 0.0461. The SMILES string of the molecule is CC(=O)c1coc2ccc(C(C)(C)C)cc12. The van der Waals surface area contributed by atoms with Crippen molar-refractivity contribution in [1.29, 1.82) is 0 Å². The van der Waals surface area contributed by atoms with Gasteiger partial charge in [-0.25, -0.2) is 0 Å². The number of fused-ring (bicyclic) bond motifs is 1. The van der Waals surface area contributed by atoms with E-state index in [1.54, 1.807) is 13.2 Å². The second kappa shape index (κ2) is 3.48. The number of carbonyl (C=O) groups is 1. The monoisotopic (exact) mass is 216 g/mol. The quantitative estimate of drug-likeness (QED) is 0.676. The summed E-state index contributed by atoms with van der Waals surface area (Å²) >= 11 is 0. The maximum absolute atomic E-state index is 11.4. The summed E-state index contributed by atoms with van der Waals surface area (Å²) in [6, 6.07) is 6.04. The van der Waals surface area contributed by atoms with E-state index in [1.165, 1.54) is 5.56 Å². The average Bonchev–Trinajstić information content (AvgIpc) is 2.58. The summed E-state index contributed by atoms with van der Waals surface area (Å²) in [7, 11) is 0. The molecule has 0 radical (unpaired) electrons. The number of benzene rings is 1. The molecule has 2 heteroatoms. The van der Waals surface area contributed by atoms with Crippen LogP contribution in [0.4, 0.5) is 0 Å². The summed E-state index contributed by atoms with van der Waals surface area (Å²) in [5.74, 6) is 0.0461. The fraction of sp³-hybridized carbons (Fsp3) is 0.357. The first kappa shape index (κ1) is 10.9. The van der Waals surface area contributed by atoms with Crippen molar-refractivity contribution < 1.29 is 9.21 Å². The molecule has 1 heterocycles. The van der Waals surface area contributed by atoms with E-state index in [9.17, 15) is 4.79 Å². The topological polar surface area (TPSA) is 30.2 Å². The van der Waals surface area contributed by atoms with Gasteiger partial charge in [0.1, 0.15) is 11.8 Å². The molecule has 0 atom stereocenters. The number of furan rings is 1. The number of rotatable bonds is 1. The molecule has 0 aliphatic carbocycles. The number of hydrogen-bond acceptors (Lipinski definition) is 2. The Kier molecular flexibility index (Phi) is 2.38. The van der Waals surface area contributed by atoms with Gasteiger partial charge in [-0.05, 0) is 30.0 Å². The summed E-state index contributed by atoms with van der Waals surface area (Å²) in [5, 5.41) is 0.917. The van der Waals surface area contributed by atoms with E-state index >= 15 is 0 Å². The van der Waals surface area contributed by atoms with Gasteiger partial charge in [0.25, 0.3) is 0 Å². The lowest BCUT2D eigenvalue weighted by molar-refractivity contribution is 0.101. The molecule has 2 rings (SSSR count). The van der Waals surface area contributed by atoms with Crippen molar-refractivity contribution in [2.24, 2.45) is 0 Å². The van der Waals surface area contributed by atoms with Crippen molar-refractivity contribution in [3.63, 3.8) is 0 Å². The summed E-state index contributed by atoms with van der Waals surface area (Å²) in [5.41, 5.74) is 2.74. The summed E-state index contributed by atoms with van der Waals surface area (Å²) in [6.45, 7) is 8.03. The third kappa shape index (κ3) is 1.75. The molecular formula is C14H16O2. The Morgan fingerprint density at radius 2 is 1.94 bits per heavy atom. The van der Waals surface area contributed by atoms with Crippen LogP contribution >= 0.6 is 0 Å². The van der Waals surface area contributed by atoms with Crippen molar-refractivity contribution in [3.05, 3.63) is 35.6 Å². The molecule has 0 saturated carbocycles. The van der Waals surface area contributed by atoms with Gasteiger partial charge in [0, 0.05) is 5.39 Å². The van der Waals surface area contributed by atoms with Gasteiger partial charge in [0.05, 0.1) is 5.56 Å². The molecule has 16 heavy (non-hydrogen) atoms. The van der Waals surface area contributed by atoms with Gasteiger partial charge in [0.15, 0.2) is 5.78 Å². The number of Topliss-reactive ketones (excluding diaryl/α,β-unsaturated/α-hetero) is 1. The van der Waals surface area contributed by atoms with Crippen LogP contribution in [0.2, 0.25) is 0 Å². The average molecular weight is 216 g/mol. The van der Waals surface area contributed by atoms with Gasteiger partial charge in [-0.15, -0.1) is 0 Å². The van der Waals surface area contributed by atoms with E-state index in [0.29, 0.717) is 5.56 Å². The first-order chi connectivity index (χ1) is 7.39. The third-order valence-electron chi connectivity index (χ3n) is 2.82. The summed E-state index contributed by atoms with van der Waals surface area (Å²) in [4.78, 5) is 11.4. The Balaban J connectivity index is 2.68. The smallest absolute Gasteiger partial charge is 0.163 e. The Morgan fingerprint density at radius 1 is 1.25 bits per heavy atom. The van der Waals surface area contributed by atoms with Crippen LogP contribution in [0.5, 0.6) is 0 Å². The van der Waals surface area contributed by atoms with Crippen LogP contribution in [0, 0.1) is 0 Å². The molecule has 0 unspecified atom stereocenters. The highest BCUT2D eigenvalue weighted by Crippen LogP contribution is 2.29. The zero-order valence-electron chi connectivity index (χ0n) is 10.1. The second-order valence-corrected chi connectivity index (χ2v) is 5.17. The zero-order valence-corrected chi connectivity index (χ0v) is 10.1. The molecular weight excluding hydrogens is 200 g/mol. The van der Waals surface area contributed by atoms with Crippen molar-refractivity contribution in [1.82, 2.24) is 0 Å². The van der Waals surface area contributed by atoms with E-state index < -0.39 is 0 Å². The highest BCUT2D eigenvalue weighted by Gasteiger charge is 2.16. The van der Waals surface area contributed by atoms with Crippen molar-refractivity contribution in [3.8, 4) is 0 Å². The largest absolute Gasteiger partial charge is 0.464 e. The minimum absolute atomic E-state index is 0.0461. The van der Waals surface area contributed by atoms with E-state index in [1.807, 2.05) is 6.07 Å². The lowest BCUT2D eigenvalue weighted by Crippen LogP contribution is -2.10. The van der Waals surface area contributed by atoms with E-state index in [2.05, 4.69) is 32.9 Å². The van der Waals surface area contributed by atoms with Crippen molar-refractivity contribution in [2.75, 3.05) is 0 Å². The van der Waals surface area contributed by atoms with Gasteiger partial charge in [0.2, 0.25) is 0 Å². The fourth-order valence-electron chi connectivity index (χ4n) is 1.77. The molecule has 0 N–H and O–H groups in total. The maximum Gasteiger partial charge on any atom is 0.163 e. The summed E-state index contributed by atoms with van der Waals surface area (Å²) < 4.78 is 5.36. The predicted molar refractivity (Wildman–Crippen MR) is 64.9 cm³/mol. The molecule has 0 spiro atoms. The molecule has 0 fully saturated rings. The molecule has 0 aliphatic rings. The van der Waals surface area contributed by atoms with E-state index in [0.717, 1.165) is 11.0 Å². The van der Waals surface area contributed by atoms with Crippen LogP contribution < -0.4 is 0 Å². The van der Waals surface area contributed by atoms with Crippen LogP contribution in [-0.4, -0.2) is 5.78 Å². The molecule has 0 bridgehead atoms. The van der Waals surface area contributed by atoms with Gasteiger partial charge in [-0.1, -0.05) is 26.8 Å². The van der Waals surface area contributed by atoms with Gasteiger partial charge in [-0.2, -0.15) is 0 Å². The van der Waals surface area contributed by atoms with Crippen LogP contribution in [0.1, 0.15) is 43.6 Å². The zero-order chi connectivity index (χ0) is 11.9. The van der Waals surface area contributed by atoms with Crippen molar-refractivity contribution in [2.45, 2.75) is 33.1 Å². The fourth-order valence-corrected chi connectivity index (χ4v) is 1.77. The second-order valence-electron chi connectivity index (χ2n) is 5.17. The first-order valence-electron chi connectivity index (χ1n) is 5.42. The Hall–Kier alpha value is -1.57. The summed E-state index contributed by atoms with van der Waals surface area (Å²) in [6.07, 6.45) is 1.54. The number of hydrogen-bond donors (Lipinski definition) is 0. The molecule has 1 aromatic heterocycles. The Labute approximate surface area is 95.3 Å². The standard InChI is InChI=1S/C14H16O2/c1-9(15)12-8-16-13-6-5-10(7-11(12)13)14(2,3)4/h5-8H,1-4H3. The van der Waals surface area contributed by atoms with Crippen LogP contribution in [0.15, 0.2) is 28.9 Å². The van der Waals surface area contributed by atoms with Gasteiger partial charge >= 0.3 is 0 Å². The van der Waals surface area contributed by atoms with Crippen LogP contribution in [0.25, 0.3) is 11.0 Å². The Bertz CT molecular complexity index is 541. The first-order valence-corrected chi connectivity index (χ1v) is 5.42. The molecule has 2 aromatic rings. The normalized spacial score (nSPS) is 12.0. The number of carbonyl (C=O) groups excluding carboxylic acids is 1. The van der Waals surface area contributed by atoms with E-state index in [-0.39, 0.29) is 11.2 Å². The highest BCUT2D eigenvalue weighted by atomic mass is 16.3.